The van der Waals surface area contributed by atoms with E-state index in [0.717, 1.165) is 0 Å². The number of aliphatic hydroxyl groups is 4. The van der Waals surface area contributed by atoms with Crippen LogP contribution in [-0.2, 0) is 34.8 Å². The summed E-state index contributed by atoms with van der Waals surface area (Å²) >= 11 is 7.76. The van der Waals surface area contributed by atoms with Crippen LogP contribution in [0.5, 0.6) is 0 Å². The van der Waals surface area contributed by atoms with Gasteiger partial charge in [-0.05, 0) is 0 Å². The van der Waals surface area contributed by atoms with Crippen molar-refractivity contribution in [1.29, 1.82) is 0 Å². The van der Waals surface area contributed by atoms with E-state index in [4.69, 9.17) is 36.4 Å². The fourth-order valence-corrected chi connectivity index (χ4v) is 2.17. The summed E-state index contributed by atoms with van der Waals surface area (Å²) in [6.45, 7) is 0.00791. The number of nitrogens with two attached hydrogens (primary N) is 1. The molecule has 0 spiro atoms. The van der Waals surface area contributed by atoms with Crippen LogP contribution in [0.1, 0.15) is 0 Å². The van der Waals surface area contributed by atoms with E-state index in [1.165, 1.54) is 0 Å². The van der Waals surface area contributed by atoms with Crippen LogP contribution in [0.15, 0.2) is 0 Å². The summed E-state index contributed by atoms with van der Waals surface area (Å²) in [5, 5.41) is 58.0. The summed E-state index contributed by atoms with van der Waals surface area (Å²) in [6, 6.07) is -2.70. The molecule has 0 saturated carbocycles. The van der Waals surface area contributed by atoms with E-state index in [0.29, 0.717) is 13.1 Å². The van der Waals surface area contributed by atoms with E-state index in [9.17, 15) is 14.4 Å². The van der Waals surface area contributed by atoms with Crippen molar-refractivity contribution in [2.45, 2.75) is 36.4 Å². The van der Waals surface area contributed by atoms with Crippen LogP contribution >= 0.6 is 25.3 Å². The average Bonchev–Trinajstić information content (AvgIpc) is 2.68. The van der Waals surface area contributed by atoms with E-state index in [-0.39, 0.29) is 38.2 Å². The van der Waals surface area contributed by atoms with Gasteiger partial charge in [0.25, 0.3) is 0 Å². The molecule has 12 nitrogen and oxygen atoms in total. The normalized spacial score (nSPS) is 16.7. The van der Waals surface area contributed by atoms with E-state index >= 15 is 0 Å². The molecule has 10 N–H and O–H groups in total. The first-order valence-electron chi connectivity index (χ1n) is 8.07. The molecule has 0 aliphatic rings. The van der Waals surface area contributed by atoms with E-state index in [2.05, 4.69) is 35.9 Å². The van der Waals surface area contributed by atoms with Gasteiger partial charge in [0.1, 0.15) is 36.7 Å². The van der Waals surface area contributed by atoms with Gasteiger partial charge >= 0.3 is 11.9 Å². The second-order valence-corrected chi connectivity index (χ2v) is 6.23. The van der Waals surface area contributed by atoms with Crippen LogP contribution in [0.2, 0.25) is 0 Å². The van der Waals surface area contributed by atoms with Crippen molar-refractivity contribution in [2.24, 2.45) is 5.73 Å². The molecule has 0 bridgehead atoms. The molecule has 1 radical (unpaired) electrons. The Bertz CT molecular complexity index is 444. The third-order valence-corrected chi connectivity index (χ3v) is 4.08. The van der Waals surface area contributed by atoms with Gasteiger partial charge in [-0.25, -0.2) is 0 Å². The van der Waals surface area contributed by atoms with Gasteiger partial charge in [0.2, 0.25) is 0 Å². The van der Waals surface area contributed by atoms with Crippen LogP contribution in [0.25, 0.3) is 0 Å². The number of carbonyl (C=O) groups excluding carboxylic acids is 1. The second-order valence-electron chi connectivity index (χ2n) is 5.50. The molecule has 0 unspecified atom stereocenters. The molecule has 0 fully saturated rings. The maximum Gasteiger partial charge on any atom is 0.321 e. The Hall–Kier alpha value is -0.308. The SMILES string of the molecule is N[C@@H](C=O)[C@@H](O)[C@H](O)[C@H](O)CO.O=C(O)[C@H](CS)NCCN[C@@H](CS)C(=O)O.[Re]. The molecular formula is C14H29N3O9ReS2. The number of nitrogens with one attached hydrogen (secondary N) is 2. The first-order valence-corrected chi connectivity index (χ1v) is 9.33. The first kappa shape index (κ1) is 33.3. The summed E-state index contributed by atoms with van der Waals surface area (Å²) in [6.07, 6.45) is -4.43. The van der Waals surface area contributed by atoms with Crippen molar-refractivity contribution in [3.8, 4) is 0 Å². The molecule has 29 heavy (non-hydrogen) atoms. The van der Waals surface area contributed by atoms with Crippen molar-refractivity contribution >= 4 is 43.5 Å². The molecule has 0 aromatic heterocycles. The molecule has 173 valence electrons. The quantitative estimate of drug-likeness (QED) is 0.0495. The summed E-state index contributed by atoms with van der Waals surface area (Å²) in [4.78, 5) is 31.2. The van der Waals surface area contributed by atoms with Crippen molar-refractivity contribution in [1.82, 2.24) is 10.6 Å². The average molecular weight is 634 g/mol. The minimum Gasteiger partial charge on any atom is -0.480 e. The van der Waals surface area contributed by atoms with Crippen molar-refractivity contribution in [3.05, 3.63) is 0 Å². The molecule has 0 aliphatic carbocycles. The number of hydrogen-bond donors (Lipinski definition) is 11. The number of rotatable bonds is 14. The first-order chi connectivity index (χ1) is 13.1. The van der Waals surface area contributed by atoms with E-state index in [1.807, 2.05) is 0 Å². The Labute approximate surface area is 192 Å². The molecule has 0 aromatic rings. The number of aliphatic hydroxyl groups excluding tert-OH is 4. The fourth-order valence-electron chi connectivity index (χ4n) is 1.60. The Morgan fingerprint density at radius 3 is 1.55 bits per heavy atom. The summed E-state index contributed by atoms with van der Waals surface area (Å²) < 4.78 is 0. The summed E-state index contributed by atoms with van der Waals surface area (Å²) in [5.41, 5.74) is 5.04. The summed E-state index contributed by atoms with van der Waals surface area (Å²) in [5.74, 6) is -1.58. The Balaban J connectivity index is -0.000000468. The second kappa shape index (κ2) is 19.6. The number of carboxylic acid groups (broad SMARTS) is 2. The minimum atomic E-state index is -1.62. The van der Waals surface area contributed by atoms with Crippen LogP contribution in [0, 0.1) is 0 Å². The molecule has 6 atom stereocenters. The monoisotopic (exact) mass is 634 g/mol. The van der Waals surface area contributed by atoms with Gasteiger partial charge < -0.3 is 51.8 Å². The van der Waals surface area contributed by atoms with Crippen molar-refractivity contribution in [3.63, 3.8) is 0 Å². The number of thiol groups is 2. The third kappa shape index (κ3) is 15.2. The van der Waals surface area contributed by atoms with E-state index in [1.54, 1.807) is 0 Å². The number of carbonyl (C=O) groups is 3. The molecule has 0 amide bonds. The molecular weight excluding hydrogens is 605 g/mol. The standard InChI is InChI=1S/C8H16N2O4S2.C6H13NO5.Re/c11-7(12)5(3-15)9-1-2-10-6(4-16)8(13)14;7-3(1-8)5(11)6(12)4(10)2-9;/h5-6,9-10,15-16H,1-4H2,(H,11,12)(H,13,14);1,3-6,9-12H,2,7H2;/t5-,6-;3-,4+,5+,6+;/m00./s1. The Morgan fingerprint density at radius 1 is 0.931 bits per heavy atom. The van der Waals surface area contributed by atoms with Crippen LogP contribution in [-0.4, -0.2) is 117 Å². The van der Waals surface area contributed by atoms with Crippen LogP contribution < -0.4 is 16.4 Å². The zero-order chi connectivity index (χ0) is 22.3. The molecule has 0 aliphatic heterocycles. The Kier molecular flexibility index (Phi) is 22.6. The molecule has 0 rings (SSSR count). The topological polar surface area (TPSA) is 223 Å². The number of aldehydes is 1. The smallest absolute Gasteiger partial charge is 0.321 e. The molecule has 0 aromatic carbocycles. The molecule has 0 saturated heterocycles. The van der Waals surface area contributed by atoms with Gasteiger partial charge in [-0.3, -0.25) is 9.59 Å². The maximum atomic E-state index is 10.6. The number of aliphatic carboxylic acids is 2. The Morgan fingerprint density at radius 2 is 1.31 bits per heavy atom. The predicted molar refractivity (Wildman–Crippen MR) is 106 cm³/mol. The minimum absolute atomic E-state index is 0. The predicted octanol–water partition coefficient (Wildman–Crippen LogP) is -4.48. The van der Waals surface area contributed by atoms with E-state index < -0.39 is 55.0 Å². The van der Waals surface area contributed by atoms with Gasteiger partial charge in [-0.15, -0.1) is 0 Å². The van der Waals surface area contributed by atoms with Gasteiger partial charge in [-0.2, -0.15) is 25.3 Å². The molecule has 15 heteroatoms. The van der Waals surface area contributed by atoms with Crippen LogP contribution in [0.3, 0.4) is 0 Å². The largest absolute Gasteiger partial charge is 0.480 e. The van der Waals surface area contributed by atoms with Crippen LogP contribution in [0.4, 0.5) is 0 Å². The number of carboxylic acids is 2. The fraction of sp³-hybridized carbons (Fsp3) is 0.786. The van der Waals surface area contributed by atoms with Gasteiger partial charge in [0.05, 0.1) is 12.6 Å². The van der Waals surface area contributed by atoms with Gasteiger partial charge in [0.15, 0.2) is 0 Å². The summed E-state index contributed by atoms with van der Waals surface area (Å²) in [7, 11) is 0. The van der Waals surface area contributed by atoms with Gasteiger partial charge in [0, 0.05) is 45.0 Å². The number of hydrogen-bond acceptors (Lipinski definition) is 12. The third-order valence-electron chi connectivity index (χ3n) is 3.35. The zero-order valence-electron chi connectivity index (χ0n) is 15.3. The molecule has 0 heterocycles. The van der Waals surface area contributed by atoms with Crippen molar-refractivity contribution in [2.75, 3.05) is 31.2 Å². The maximum absolute atomic E-state index is 10.6. The van der Waals surface area contributed by atoms with Crippen molar-refractivity contribution < 1.29 is 65.4 Å². The zero-order valence-corrected chi connectivity index (χ0v) is 19.8. The van der Waals surface area contributed by atoms with Gasteiger partial charge in [-0.1, -0.05) is 0 Å².